The van der Waals surface area contributed by atoms with Gasteiger partial charge in [-0.2, -0.15) is 11.3 Å². The van der Waals surface area contributed by atoms with E-state index in [1.807, 2.05) is 41.9 Å². The van der Waals surface area contributed by atoms with Crippen LogP contribution in [0.1, 0.15) is 37.4 Å². The fourth-order valence-corrected chi connectivity index (χ4v) is 3.37. The van der Waals surface area contributed by atoms with Gasteiger partial charge < -0.3 is 19.9 Å². The van der Waals surface area contributed by atoms with Crippen molar-refractivity contribution in [1.29, 1.82) is 0 Å². The van der Waals surface area contributed by atoms with E-state index < -0.39 is 5.60 Å². The normalized spacial score (nSPS) is 18.0. The average Bonchev–Trinajstić information content (AvgIpc) is 2.99. The SMILES string of the molecule is C[C@H](NC[C@](C)(O)c1ccsc1)c1ccc2c(c1)OCCCO2. The van der Waals surface area contributed by atoms with Crippen molar-refractivity contribution in [2.75, 3.05) is 19.8 Å². The predicted molar refractivity (Wildman–Crippen MR) is 92.4 cm³/mol. The summed E-state index contributed by atoms with van der Waals surface area (Å²) in [5, 5.41) is 18.0. The highest BCUT2D eigenvalue weighted by Crippen LogP contribution is 2.32. The summed E-state index contributed by atoms with van der Waals surface area (Å²) in [6.45, 7) is 5.79. The van der Waals surface area contributed by atoms with Crippen LogP contribution in [-0.2, 0) is 5.60 Å². The van der Waals surface area contributed by atoms with Gasteiger partial charge in [0.25, 0.3) is 0 Å². The zero-order valence-electron chi connectivity index (χ0n) is 13.5. The number of benzene rings is 1. The molecule has 2 atom stereocenters. The molecule has 2 heterocycles. The van der Waals surface area contributed by atoms with Crippen molar-refractivity contribution in [2.45, 2.75) is 31.9 Å². The number of fused-ring (bicyclic) bond motifs is 1. The molecule has 2 N–H and O–H groups in total. The van der Waals surface area contributed by atoms with E-state index in [1.54, 1.807) is 11.3 Å². The fourth-order valence-electron chi connectivity index (χ4n) is 2.59. The van der Waals surface area contributed by atoms with Gasteiger partial charge in [-0.25, -0.2) is 0 Å². The third kappa shape index (κ3) is 3.86. The molecule has 23 heavy (non-hydrogen) atoms. The lowest BCUT2D eigenvalue weighted by molar-refractivity contribution is 0.0548. The van der Waals surface area contributed by atoms with Gasteiger partial charge in [-0.3, -0.25) is 0 Å². The molecule has 0 aliphatic carbocycles. The zero-order chi connectivity index (χ0) is 16.3. The van der Waals surface area contributed by atoms with Gasteiger partial charge in [0, 0.05) is 19.0 Å². The average molecular weight is 333 g/mol. The van der Waals surface area contributed by atoms with Crippen LogP contribution in [0.15, 0.2) is 35.0 Å². The van der Waals surface area contributed by atoms with Gasteiger partial charge in [0.15, 0.2) is 11.5 Å². The molecule has 1 aliphatic heterocycles. The fraction of sp³-hybridized carbons (Fsp3) is 0.444. The molecule has 124 valence electrons. The second kappa shape index (κ2) is 6.91. The molecule has 4 nitrogen and oxygen atoms in total. The topological polar surface area (TPSA) is 50.7 Å². The maximum Gasteiger partial charge on any atom is 0.161 e. The van der Waals surface area contributed by atoms with Crippen LogP contribution >= 0.6 is 11.3 Å². The summed E-state index contributed by atoms with van der Waals surface area (Å²) in [4.78, 5) is 0. The maximum absolute atomic E-state index is 10.6. The van der Waals surface area contributed by atoms with Crippen LogP contribution < -0.4 is 14.8 Å². The number of ether oxygens (including phenoxy) is 2. The highest BCUT2D eigenvalue weighted by molar-refractivity contribution is 7.08. The summed E-state index contributed by atoms with van der Waals surface area (Å²) in [6, 6.07) is 8.11. The molecule has 0 spiro atoms. The number of nitrogens with one attached hydrogen (secondary N) is 1. The van der Waals surface area contributed by atoms with E-state index in [1.165, 1.54) is 0 Å². The summed E-state index contributed by atoms with van der Waals surface area (Å²) in [5.41, 5.74) is 1.19. The lowest BCUT2D eigenvalue weighted by atomic mass is 9.98. The second-order valence-electron chi connectivity index (χ2n) is 6.15. The first kappa shape index (κ1) is 16.3. The zero-order valence-corrected chi connectivity index (χ0v) is 14.4. The monoisotopic (exact) mass is 333 g/mol. The minimum absolute atomic E-state index is 0.109. The Hall–Kier alpha value is -1.56. The quantitative estimate of drug-likeness (QED) is 0.880. The van der Waals surface area contributed by atoms with Crippen LogP contribution in [0.2, 0.25) is 0 Å². The van der Waals surface area contributed by atoms with Crippen molar-refractivity contribution in [3.05, 3.63) is 46.2 Å². The minimum Gasteiger partial charge on any atom is -0.490 e. The first-order chi connectivity index (χ1) is 11.1. The smallest absolute Gasteiger partial charge is 0.161 e. The summed E-state index contributed by atoms with van der Waals surface area (Å²) in [6.07, 6.45) is 0.904. The third-order valence-corrected chi connectivity index (χ3v) is 4.85. The van der Waals surface area contributed by atoms with Gasteiger partial charge in [-0.1, -0.05) is 6.07 Å². The van der Waals surface area contributed by atoms with Crippen LogP contribution in [0, 0.1) is 0 Å². The molecule has 0 saturated carbocycles. The standard InChI is InChI=1S/C18H23NO3S/c1-13(19-12-18(2,20)15-6-9-23-11-15)14-4-5-16-17(10-14)22-8-3-7-21-16/h4-6,9-11,13,19-20H,3,7-8,12H2,1-2H3/t13-,18-/m0/s1. The van der Waals surface area contributed by atoms with Crippen LogP contribution in [0.3, 0.4) is 0 Å². The van der Waals surface area contributed by atoms with Crippen molar-refractivity contribution < 1.29 is 14.6 Å². The molecular formula is C18H23NO3S. The molecule has 0 fully saturated rings. The second-order valence-corrected chi connectivity index (χ2v) is 6.93. The minimum atomic E-state index is -0.875. The first-order valence-corrected chi connectivity index (χ1v) is 8.88. The van der Waals surface area contributed by atoms with Crippen LogP contribution in [-0.4, -0.2) is 24.9 Å². The number of aliphatic hydroxyl groups is 1. The molecule has 2 aromatic rings. The Labute approximate surface area is 141 Å². The number of rotatable bonds is 5. The summed E-state index contributed by atoms with van der Waals surface area (Å²) >= 11 is 1.60. The predicted octanol–water partition coefficient (Wildman–Crippen LogP) is 3.47. The molecular weight excluding hydrogens is 310 g/mol. The number of hydrogen-bond acceptors (Lipinski definition) is 5. The lowest BCUT2D eigenvalue weighted by Gasteiger charge is -2.26. The molecule has 1 aliphatic rings. The number of hydrogen-bond donors (Lipinski definition) is 2. The molecule has 3 rings (SSSR count). The van der Waals surface area contributed by atoms with Gasteiger partial charge in [0.05, 0.1) is 13.2 Å². The van der Waals surface area contributed by atoms with E-state index in [0.29, 0.717) is 19.8 Å². The summed E-state index contributed by atoms with van der Waals surface area (Å²) in [5.74, 6) is 1.61. The van der Waals surface area contributed by atoms with Gasteiger partial charge in [0.1, 0.15) is 5.60 Å². The first-order valence-electron chi connectivity index (χ1n) is 7.94. The Balaban J connectivity index is 1.66. The van der Waals surface area contributed by atoms with Crippen molar-refractivity contribution >= 4 is 11.3 Å². The van der Waals surface area contributed by atoms with E-state index >= 15 is 0 Å². The Morgan fingerprint density at radius 3 is 2.78 bits per heavy atom. The van der Waals surface area contributed by atoms with Crippen molar-refractivity contribution in [2.24, 2.45) is 0 Å². The Kier molecular flexibility index (Phi) is 4.90. The van der Waals surface area contributed by atoms with E-state index in [4.69, 9.17) is 9.47 Å². The summed E-state index contributed by atoms with van der Waals surface area (Å²) < 4.78 is 11.4. The van der Waals surface area contributed by atoms with E-state index in [2.05, 4.69) is 12.2 Å². The lowest BCUT2D eigenvalue weighted by Crippen LogP contribution is -2.36. The van der Waals surface area contributed by atoms with Crippen molar-refractivity contribution in [1.82, 2.24) is 5.32 Å². The van der Waals surface area contributed by atoms with E-state index in [0.717, 1.165) is 29.0 Å². The van der Waals surface area contributed by atoms with Crippen LogP contribution in [0.5, 0.6) is 11.5 Å². The molecule has 0 unspecified atom stereocenters. The third-order valence-electron chi connectivity index (χ3n) is 4.17. The van der Waals surface area contributed by atoms with Gasteiger partial charge in [-0.05, 0) is 53.9 Å². The summed E-state index contributed by atoms with van der Waals surface area (Å²) in [7, 11) is 0. The van der Waals surface area contributed by atoms with Crippen LogP contribution in [0.4, 0.5) is 0 Å². The molecule has 1 aromatic heterocycles. The largest absolute Gasteiger partial charge is 0.490 e. The molecule has 5 heteroatoms. The van der Waals surface area contributed by atoms with Crippen molar-refractivity contribution in [3.63, 3.8) is 0 Å². The molecule has 0 radical (unpaired) electrons. The van der Waals surface area contributed by atoms with Crippen molar-refractivity contribution in [3.8, 4) is 11.5 Å². The molecule has 0 amide bonds. The molecule has 1 aromatic carbocycles. The Bertz CT molecular complexity index is 640. The van der Waals surface area contributed by atoms with Gasteiger partial charge in [-0.15, -0.1) is 0 Å². The maximum atomic E-state index is 10.6. The highest BCUT2D eigenvalue weighted by Gasteiger charge is 2.24. The Morgan fingerprint density at radius 2 is 2.04 bits per heavy atom. The van der Waals surface area contributed by atoms with Crippen LogP contribution in [0.25, 0.3) is 0 Å². The van der Waals surface area contributed by atoms with Gasteiger partial charge >= 0.3 is 0 Å². The van der Waals surface area contributed by atoms with E-state index in [-0.39, 0.29) is 6.04 Å². The Morgan fingerprint density at radius 1 is 1.26 bits per heavy atom. The van der Waals surface area contributed by atoms with E-state index in [9.17, 15) is 5.11 Å². The number of thiophene rings is 1. The highest BCUT2D eigenvalue weighted by atomic mass is 32.1. The van der Waals surface area contributed by atoms with Gasteiger partial charge in [0.2, 0.25) is 0 Å². The molecule has 0 saturated heterocycles. The molecule has 0 bridgehead atoms.